The Morgan fingerprint density at radius 3 is 1.06 bits per heavy atom. The number of hydrogen-bond acceptors (Lipinski definition) is 4. The maximum Gasteiger partial charge on any atom is 0.262 e. The van der Waals surface area contributed by atoms with Gasteiger partial charge in [-0.15, -0.1) is 0 Å². The molecule has 0 heterocycles. The van der Waals surface area contributed by atoms with Crippen molar-refractivity contribution >= 4 is 31.4 Å². The minimum absolute atomic E-state index is 0.218. The summed E-state index contributed by atoms with van der Waals surface area (Å²) in [4.78, 5) is 0.436. The topological polar surface area (TPSA) is 92.3 Å². The molecular weight excluding hydrogens is 444 g/mol. The quantitative estimate of drug-likeness (QED) is 0.520. The van der Waals surface area contributed by atoms with Crippen LogP contribution in [0.25, 0.3) is 0 Å². The molecule has 32 heavy (non-hydrogen) atoms. The summed E-state index contributed by atoms with van der Waals surface area (Å²) in [5.74, 6) is 0. The maximum atomic E-state index is 12.9. The zero-order valence-electron chi connectivity index (χ0n) is 19.1. The van der Waals surface area contributed by atoms with Crippen molar-refractivity contribution in [1.82, 2.24) is 0 Å². The monoisotopic (exact) mass is 472 g/mol. The highest BCUT2D eigenvalue weighted by atomic mass is 32.2. The molecule has 0 fully saturated rings. The number of sulfonamides is 2. The molecule has 0 radical (unpaired) electrons. The van der Waals surface area contributed by atoms with Gasteiger partial charge in [-0.3, -0.25) is 9.44 Å². The molecule has 170 valence electrons. The zero-order valence-corrected chi connectivity index (χ0v) is 20.7. The molecule has 0 saturated carbocycles. The number of nitrogens with one attached hydrogen (secondary N) is 2. The first-order chi connectivity index (χ1) is 14.8. The Morgan fingerprint density at radius 2 is 0.750 bits per heavy atom. The molecule has 3 aromatic rings. The molecule has 0 aliphatic rings. The number of aryl methyl sites for hydroxylation is 6. The minimum Gasteiger partial charge on any atom is -0.280 e. The second-order valence-electron chi connectivity index (χ2n) is 8.19. The lowest BCUT2D eigenvalue weighted by Gasteiger charge is -2.14. The average molecular weight is 473 g/mol. The van der Waals surface area contributed by atoms with Gasteiger partial charge in [0.2, 0.25) is 0 Å². The second kappa shape index (κ2) is 8.60. The van der Waals surface area contributed by atoms with Crippen LogP contribution >= 0.6 is 0 Å². The van der Waals surface area contributed by atoms with Gasteiger partial charge in [0.05, 0.1) is 9.79 Å². The molecule has 0 spiro atoms. The fraction of sp³-hybridized carbons (Fsp3) is 0.250. The largest absolute Gasteiger partial charge is 0.280 e. The third-order valence-corrected chi connectivity index (χ3v) is 8.60. The summed E-state index contributed by atoms with van der Waals surface area (Å²) < 4.78 is 56.6. The van der Waals surface area contributed by atoms with Crippen molar-refractivity contribution in [1.29, 1.82) is 0 Å². The molecular formula is C24H28N2O4S2. The third-order valence-electron chi connectivity index (χ3n) is 5.55. The molecule has 2 N–H and O–H groups in total. The fourth-order valence-corrected chi connectivity index (χ4v) is 6.22. The third kappa shape index (κ3) is 4.97. The Kier molecular flexibility index (Phi) is 6.40. The van der Waals surface area contributed by atoms with Gasteiger partial charge in [0.25, 0.3) is 20.0 Å². The molecule has 0 bridgehead atoms. The summed E-state index contributed by atoms with van der Waals surface area (Å²) in [6, 6.07) is 13.1. The van der Waals surface area contributed by atoms with Crippen LogP contribution in [0.2, 0.25) is 0 Å². The maximum absolute atomic E-state index is 12.9. The summed E-state index contributed by atoms with van der Waals surface area (Å²) >= 11 is 0. The van der Waals surface area contributed by atoms with E-state index in [2.05, 4.69) is 9.44 Å². The molecule has 3 rings (SSSR count). The van der Waals surface area contributed by atoms with E-state index in [1.165, 1.54) is 24.3 Å². The summed E-state index contributed by atoms with van der Waals surface area (Å²) in [7, 11) is -7.55. The molecule has 0 amide bonds. The molecule has 0 aliphatic heterocycles. The van der Waals surface area contributed by atoms with Gasteiger partial charge in [-0.25, -0.2) is 16.8 Å². The number of anilines is 2. The van der Waals surface area contributed by atoms with E-state index in [-0.39, 0.29) is 9.79 Å². The van der Waals surface area contributed by atoms with Gasteiger partial charge in [-0.2, -0.15) is 0 Å². The highest BCUT2D eigenvalue weighted by Gasteiger charge is 2.20. The standard InChI is InChI=1S/C24H28N2O4S2/c1-15-11-19(5)23(13-17(15)3)31(27,28)25-21-7-9-22(10-8-21)26-32(29,30)24-14-18(4)16(2)12-20(24)6/h7-14,25-26H,1-6H3. The Bertz CT molecular complexity index is 1280. The smallest absolute Gasteiger partial charge is 0.262 e. The van der Waals surface area contributed by atoms with Gasteiger partial charge in [0, 0.05) is 11.4 Å². The van der Waals surface area contributed by atoms with Crippen molar-refractivity contribution in [3.63, 3.8) is 0 Å². The van der Waals surface area contributed by atoms with Crippen molar-refractivity contribution in [2.75, 3.05) is 9.44 Å². The minimum atomic E-state index is -3.78. The van der Waals surface area contributed by atoms with Crippen molar-refractivity contribution < 1.29 is 16.8 Å². The van der Waals surface area contributed by atoms with E-state index < -0.39 is 20.0 Å². The van der Waals surface area contributed by atoms with Crippen LogP contribution in [0.5, 0.6) is 0 Å². The van der Waals surface area contributed by atoms with E-state index in [9.17, 15) is 16.8 Å². The van der Waals surface area contributed by atoms with Crippen LogP contribution in [-0.2, 0) is 20.0 Å². The van der Waals surface area contributed by atoms with Crippen LogP contribution in [-0.4, -0.2) is 16.8 Å². The van der Waals surface area contributed by atoms with E-state index >= 15 is 0 Å². The van der Waals surface area contributed by atoms with E-state index in [1.54, 1.807) is 26.0 Å². The van der Waals surface area contributed by atoms with Crippen molar-refractivity contribution in [3.8, 4) is 0 Å². The highest BCUT2D eigenvalue weighted by Crippen LogP contribution is 2.26. The molecule has 8 heteroatoms. The number of benzene rings is 3. The highest BCUT2D eigenvalue weighted by molar-refractivity contribution is 7.93. The Morgan fingerprint density at radius 1 is 0.469 bits per heavy atom. The first kappa shape index (κ1) is 23.8. The van der Waals surface area contributed by atoms with Crippen molar-refractivity contribution in [2.45, 2.75) is 51.3 Å². The van der Waals surface area contributed by atoms with Crippen LogP contribution in [0, 0.1) is 41.5 Å². The molecule has 3 aromatic carbocycles. The Balaban J connectivity index is 1.83. The lowest BCUT2D eigenvalue weighted by molar-refractivity contribution is 0.598. The second-order valence-corrected chi connectivity index (χ2v) is 11.5. The van der Waals surface area contributed by atoms with Gasteiger partial charge in [0.1, 0.15) is 0 Å². The van der Waals surface area contributed by atoms with E-state index in [0.717, 1.165) is 22.3 Å². The molecule has 0 unspecified atom stereocenters. The first-order valence-electron chi connectivity index (χ1n) is 10.1. The normalized spacial score (nSPS) is 11.9. The summed E-state index contributed by atoms with van der Waals surface area (Å²) in [5.41, 5.74) is 5.84. The average Bonchev–Trinajstić information content (AvgIpc) is 2.68. The fourth-order valence-electron chi connectivity index (χ4n) is 3.47. The van der Waals surface area contributed by atoms with E-state index in [4.69, 9.17) is 0 Å². The van der Waals surface area contributed by atoms with E-state index in [0.29, 0.717) is 22.5 Å². The van der Waals surface area contributed by atoms with Gasteiger partial charge < -0.3 is 0 Å². The molecule has 0 aliphatic carbocycles. The van der Waals surface area contributed by atoms with E-state index in [1.807, 2.05) is 39.8 Å². The molecule has 0 atom stereocenters. The molecule has 0 aromatic heterocycles. The van der Waals surface area contributed by atoms with Crippen LogP contribution in [0.3, 0.4) is 0 Å². The molecule has 0 saturated heterocycles. The van der Waals surface area contributed by atoms with Gasteiger partial charge in [-0.1, -0.05) is 12.1 Å². The SMILES string of the molecule is Cc1cc(C)c(S(=O)(=O)Nc2ccc(NS(=O)(=O)c3cc(C)c(C)cc3C)cc2)cc1C. The van der Waals surface area contributed by atoms with Crippen molar-refractivity contribution in [2.24, 2.45) is 0 Å². The van der Waals surface area contributed by atoms with Gasteiger partial charge in [0.15, 0.2) is 0 Å². The van der Waals surface area contributed by atoms with Crippen LogP contribution in [0.1, 0.15) is 33.4 Å². The van der Waals surface area contributed by atoms with Crippen LogP contribution in [0.4, 0.5) is 11.4 Å². The summed E-state index contributed by atoms with van der Waals surface area (Å²) in [6.07, 6.45) is 0. The number of rotatable bonds is 6. The lowest BCUT2D eigenvalue weighted by atomic mass is 10.1. The Labute approximate surface area is 190 Å². The first-order valence-corrected chi connectivity index (χ1v) is 13.1. The number of hydrogen-bond donors (Lipinski definition) is 2. The Hall–Kier alpha value is -2.84. The lowest BCUT2D eigenvalue weighted by Crippen LogP contribution is -2.16. The predicted octanol–water partition coefficient (Wildman–Crippen LogP) is 5.14. The van der Waals surface area contributed by atoms with Crippen molar-refractivity contribution in [3.05, 3.63) is 81.9 Å². The van der Waals surface area contributed by atoms with Crippen LogP contribution in [0.15, 0.2) is 58.3 Å². The summed E-state index contributed by atoms with van der Waals surface area (Å²) in [5, 5.41) is 0. The van der Waals surface area contributed by atoms with Gasteiger partial charge in [-0.05, 0) is 111 Å². The predicted molar refractivity (Wildman–Crippen MR) is 129 cm³/mol. The summed E-state index contributed by atoms with van der Waals surface area (Å²) in [6.45, 7) is 11.1. The van der Waals surface area contributed by atoms with Crippen LogP contribution < -0.4 is 9.44 Å². The molecule has 6 nitrogen and oxygen atoms in total. The zero-order chi connectivity index (χ0) is 23.8. The van der Waals surface area contributed by atoms with Gasteiger partial charge >= 0.3 is 0 Å².